The summed E-state index contributed by atoms with van der Waals surface area (Å²) >= 11 is 0. The molecule has 1 aromatic rings. The monoisotopic (exact) mass is 239 g/mol. The Balaban J connectivity index is 2.78. The van der Waals surface area contributed by atoms with Crippen molar-refractivity contribution in [2.75, 3.05) is 13.1 Å². The maximum atomic E-state index is 12.9. The third-order valence-electron chi connectivity index (χ3n) is 2.00. The molecule has 1 N–H and O–H groups in total. The van der Waals surface area contributed by atoms with E-state index in [1.54, 1.807) is 0 Å². The third kappa shape index (κ3) is 4.62. The van der Waals surface area contributed by atoms with E-state index in [0.29, 0.717) is 5.56 Å². The van der Waals surface area contributed by atoms with Crippen LogP contribution in [0.2, 0.25) is 0 Å². The predicted molar refractivity (Wildman–Crippen MR) is 58.1 cm³/mol. The van der Waals surface area contributed by atoms with Crippen LogP contribution in [0.5, 0.6) is 0 Å². The number of benzene rings is 1. The number of carboxylic acid groups (broad SMARTS) is 1. The quantitative estimate of drug-likeness (QED) is 0.791. The molecular formula is C12H11F2NO2. The van der Waals surface area contributed by atoms with Crippen LogP contribution >= 0.6 is 0 Å². The number of carbonyl (C=O) groups is 1. The molecule has 0 aliphatic heterocycles. The molecule has 0 fully saturated rings. The number of hydrogen-bond donors (Lipinski definition) is 1. The van der Waals surface area contributed by atoms with Crippen molar-refractivity contribution in [1.82, 2.24) is 4.90 Å². The van der Waals surface area contributed by atoms with Gasteiger partial charge in [-0.2, -0.15) is 0 Å². The molecule has 0 aromatic heterocycles. The van der Waals surface area contributed by atoms with E-state index >= 15 is 0 Å². The molecule has 0 saturated carbocycles. The molecule has 1 rings (SSSR count). The van der Waals surface area contributed by atoms with Crippen LogP contribution in [0.3, 0.4) is 0 Å². The van der Waals surface area contributed by atoms with Crippen LogP contribution in [0.4, 0.5) is 8.78 Å². The van der Waals surface area contributed by atoms with Gasteiger partial charge in [-0.1, -0.05) is 5.92 Å². The van der Waals surface area contributed by atoms with Gasteiger partial charge in [0, 0.05) is 12.6 Å². The third-order valence-corrected chi connectivity index (χ3v) is 2.00. The molecule has 0 amide bonds. The largest absolute Gasteiger partial charge is 0.480 e. The second kappa shape index (κ2) is 5.97. The maximum Gasteiger partial charge on any atom is 0.317 e. The van der Waals surface area contributed by atoms with E-state index in [0.717, 1.165) is 18.2 Å². The Labute approximate surface area is 97.7 Å². The summed E-state index contributed by atoms with van der Waals surface area (Å²) in [6.07, 6.45) is 5.09. The van der Waals surface area contributed by atoms with E-state index in [2.05, 4.69) is 5.92 Å². The van der Waals surface area contributed by atoms with Gasteiger partial charge in [-0.05, 0) is 17.7 Å². The molecule has 0 bridgehead atoms. The maximum absolute atomic E-state index is 12.9. The number of rotatable bonds is 5. The Morgan fingerprint density at radius 1 is 1.35 bits per heavy atom. The average molecular weight is 239 g/mol. The summed E-state index contributed by atoms with van der Waals surface area (Å²) in [4.78, 5) is 11.9. The molecule has 0 heterocycles. The molecule has 3 nitrogen and oxygen atoms in total. The topological polar surface area (TPSA) is 40.5 Å². The predicted octanol–water partition coefficient (Wildman–Crippen LogP) is 1.48. The van der Waals surface area contributed by atoms with E-state index in [9.17, 15) is 13.6 Å². The van der Waals surface area contributed by atoms with Gasteiger partial charge in [0.25, 0.3) is 0 Å². The van der Waals surface area contributed by atoms with Crippen molar-refractivity contribution in [2.24, 2.45) is 0 Å². The number of hydrogen-bond acceptors (Lipinski definition) is 2. The van der Waals surface area contributed by atoms with Gasteiger partial charge in [0.1, 0.15) is 11.6 Å². The molecule has 0 aliphatic carbocycles. The fourth-order valence-electron chi connectivity index (χ4n) is 1.45. The van der Waals surface area contributed by atoms with Gasteiger partial charge in [0.15, 0.2) is 0 Å². The molecule has 90 valence electrons. The molecule has 1 aromatic carbocycles. The molecule has 0 radical (unpaired) electrons. The fraction of sp³-hybridized carbons (Fsp3) is 0.250. The standard InChI is InChI=1S/C12H11F2NO2/c1-2-3-15(8-12(16)17)7-9-4-10(13)6-11(14)5-9/h1,4-6H,3,7-8H2,(H,16,17). The van der Waals surface area contributed by atoms with Crippen molar-refractivity contribution in [3.05, 3.63) is 35.4 Å². The van der Waals surface area contributed by atoms with Gasteiger partial charge in [-0.15, -0.1) is 6.42 Å². The second-order valence-corrected chi connectivity index (χ2v) is 3.52. The lowest BCUT2D eigenvalue weighted by Crippen LogP contribution is -2.29. The smallest absolute Gasteiger partial charge is 0.317 e. The van der Waals surface area contributed by atoms with Crippen molar-refractivity contribution in [1.29, 1.82) is 0 Å². The summed E-state index contributed by atoms with van der Waals surface area (Å²) in [5.41, 5.74) is 0.346. The van der Waals surface area contributed by atoms with Crippen LogP contribution in [0.25, 0.3) is 0 Å². The van der Waals surface area contributed by atoms with Crippen LogP contribution in [0.15, 0.2) is 18.2 Å². The minimum absolute atomic E-state index is 0.0885. The SMILES string of the molecule is C#CCN(CC(=O)O)Cc1cc(F)cc(F)c1. The second-order valence-electron chi connectivity index (χ2n) is 3.52. The number of aliphatic carboxylic acids is 1. The molecule has 0 aliphatic rings. The first-order valence-corrected chi connectivity index (χ1v) is 4.84. The fourth-order valence-corrected chi connectivity index (χ4v) is 1.45. The number of terminal acetylenes is 1. The first kappa shape index (κ1) is 13.1. The van der Waals surface area contributed by atoms with E-state index in [1.165, 1.54) is 4.90 Å². The van der Waals surface area contributed by atoms with Crippen molar-refractivity contribution in [2.45, 2.75) is 6.54 Å². The van der Waals surface area contributed by atoms with Gasteiger partial charge in [0.2, 0.25) is 0 Å². The van der Waals surface area contributed by atoms with Gasteiger partial charge in [-0.3, -0.25) is 9.69 Å². The van der Waals surface area contributed by atoms with Crippen LogP contribution in [-0.4, -0.2) is 29.1 Å². The van der Waals surface area contributed by atoms with E-state index in [1.807, 2.05) is 0 Å². The number of nitrogens with zero attached hydrogens (tertiary/aromatic N) is 1. The van der Waals surface area contributed by atoms with Gasteiger partial charge >= 0.3 is 5.97 Å². The molecule has 0 spiro atoms. The summed E-state index contributed by atoms with van der Waals surface area (Å²) in [7, 11) is 0. The van der Waals surface area contributed by atoms with Gasteiger partial charge in [0.05, 0.1) is 13.1 Å². The number of halogens is 2. The minimum Gasteiger partial charge on any atom is -0.480 e. The molecule has 0 atom stereocenters. The molecule has 0 unspecified atom stereocenters. The highest BCUT2D eigenvalue weighted by molar-refractivity contribution is 5.69. The Hall–Kier alpha value is -1.93. The van der Waals surface area contributed by atoms with Gasteiger partial charge in [-0.25, -0.2) is 8.78 Å². The zero-order valence-corrected chi connectivity index (χ0v) is 8.99. The highest BCUT2D eigenvalue weighted by Gasteiger charge is 2.10. The summed E-state index contributed by atoms with van der Waals surface area (Å²) in [5.74, 6) is -0.143. The minimum atomic E-state index is -1.04. The molecule has 0 saturated heterocycles. The summed E-state index contributed by atoms with van der Waals surface area (Å²) in [6, 6.07) is 3.05. The summed E-state index contributed by atoms with van der Waals surface area (Å²) in [6.45, 7) is -0.0854. The van der Waals surface area contributed by atoms with Crippen molar-refractivity contribution in [3.8, 4) is 12.3 Å². The Morgan fingerprint density at radius 2 is 1.94 bits per heavy atom. The number of carboxylic acids is 1. The lowest BCUT2D eigenvalue weighted by molar-refractivity contribution is -0.138. The zero-order valence-electron chi connectivity index (χ0n) is 8.99. The van der Waals surface area contributed by atoms with Crippen LogP contribution < -0.4 is 0 Å². The van der Waals surface area contributed by atoms with E-state index < -0.39 is 17.6 Å². The molecule has 5 heteroatoms. The lowest BCUT2D eigenvalue weighted by atomic mass is 10.2. The summed E-state index contributed by atoms with van der Waals surface area (Å²) in [5, 5.41) is 8.64. The van der Waals surface area contributed by atoms with Crippen molar-refractivity contribution >= 4 is 5.97 Å². The first-order valence-electron chi connectivity index (χ1n) is 4.84. The highest BCUT2D eigenvalue weighted by Crippen LogP contribution is 2.10. The summed E-state index contributed by atoms with van der Waals surface area (Å²) < 4.78 is 25.8. The Kier molecular flexibility index (Phi) is 4.61. The van der Waals surface area contributed by atoms with Crippen molar-refractivity contribution in [3.63, 3.8) is 0 Å². The zero-order chi connectivity index (χ0) is 12.8. The average Bonchev–Trinajstić information content (AvgIpc) is 2.14. The van der Waals surface area contributed by atoms with Gasteiger partial charge < -0.3 is 5.11 Å². The molecular weight excluding hydrogens is 228 g/mol. The van der Waals surface area contributed by atoms with E-state index in [4.69, 9.17) is 11.5 Å². The van der Waals surface area contributed by atoms with Crippen LogP contribution in [0.1, 0.15) is 5.56 Å². The normalized spacial score (nSPS) is 10.2. The molecule has 17 heavy (non-hydrogen) atoms. The van der Waals surface area contributed by atoms with Crippen molar-refractivity contribution < 1.29 is 18.7 Å². The highest BCUT2D eigenvalue weighted by atomic mass is 19.1. The Morgan fingerprint density at radius 3 is 2.41 bits per heavy atom. The Bertz CT molecular complexity index is 434. The first-order chi connectivity index (χ1) is 8.01. The van der Waals surface area contributed by atoms with E-state index in [-0.39, 0.29) is 19.6 Å². The van der Waals surface area contributed by atoms with Crippen LogP contribution in [0, 0.1) is 24.0 Å². The lowest BCUT2D eigenvalue weighted by Gasteiger charge is -2.17. The van der Waals surface area contributed by atoms with Crippen LogP contribution in [-0.2, 0) is 11.3 Å².